The van der Waals surface area contributed by atoms with Crippen molar-refractivity contribution in [1.29, 1.82) is 0 Å². The van der Waals surface area contributed by atoms with Crippen molar-refractivity contribution in [1.82, 2.24) is 19.7 Å². The largest absolute Gasteiger partial charge is 0.485 e. The fraction of sp³-hybridized carbons (Fsp3) is 0.310. The third-order valence-electron chi connectivity index (χ3n) is 6.59. The Morgan fingerprint density at radius 1 is 1.11 bits per heavy atom. The summed E-state index contributed by atoms with van der Waals surface area (Å²) in [6.45, 7) is 8.61. The van der Waals surface area contributed by atoms with Gasteiger partial charge in [-0.1, -0.05) is 31.8 Å². The van der Waals surface area contributed by atoms with Gasteiger partial charge in [-0.2, -0.15) is 13.9 Å². The third kappa shape index (κ3) is 8.82. The fourth-order valence-corrected chi connectivity index (χ4v) is 5.50. The molecule has 4 aromatic rings. The predicted molar refractivity (Wildman–Crippen MR) is 170 cm³/mol. The molecule has 0 aliphatic rings. The molecule has 0 aliphatic carbocycles. The van der Waals surface area contributed by atoms with E-state index in [0.717, 1.165) is 6.04 Å². The van der Waals surface area contributed by atoms with Crippen molar-refractivity contribution < 1.29 is 35.9 Å². The summed E-state index contributed by atoms with van der Waals surface area (Å²) in [5.74, 6) is -4.66. The molecular formula is C29H34F3N7O5SSi. The number of hydrogen-bond acceptors (Lipinski definition) is 9. The molecule has 46 heavy (non-hydrogen) atoms. The summed E-state index contributed by atoms with van der Waals surface area (Å²) < 4.78 is 79.1. The number of halogens is 3. The highest BCUT2D eigenvalue weighted by atomic mass is 32.2. The average molecular weight is 678 g/mol. The van der Waals surface area contributed by atoms with Crippen molar-refractivity contribution in [2.45, 2.75) is 51.2 Å². The van der Waals surface area contributed by atoms with Crippen molar-refractivity contribution in [2.24, 2.45) is 5.73 Å². The van der Waals surface area contributed by atoms with E-state index in [1.807, 2.05) is 4.72 Å². The van der Waals surface area contributed by atoms with Gasteiger partial charge in [0.15, 0.2) is 0 Å². The molecule has 0 aliphatic heterocycles. The molecule has 0 spiro atoms. The minimum atomic E-state index is -5.02. The molecule has 12 nitrogen and oxygen atoms in total. The number of nitrogens with two attached hydrogens (primary N) is 1. The van der Waals surface area contributed by atoms with E-state index >= 15 is 0 Å². The molecule has 0 saturated heterocycles. The fourth-order valence-electron chi connectivity index (χ4n) is 4.20. The third-order valence-corrected chi connectivity index (χ3v) is 9.29. The summed E-state index contributed by atoms with van der Waals surface area (Å²) in [4.78, 5) is 21.2. The second-order valence-electron chi connectivity index (χ2n) is 11.4. The molecule has 0 bridgehead atoms. The van der Waals surface area contributed by atoms with Crippen LogP contribution in [0.25, 0.3) is 11.3 Å². The molecule has 17 heteroatoms. The van der Waals surface area contributed by atoms with Gasteiger partial charge in [-0.05, 0) is 42.8 Å². The molecular weight excluding hydrogens is 644 g/mol. The van der Waals surface area contributed by atoms with E-state index in [0.29, 0.717) is 12.2 Å². The predicted octanol–water partition coefficient (Wildman–Crippen LogP) is 5.74. The molecule has 0 radical (unpaired) electrons. The zero-order valence-electron chi connectivity index (χ0n) is 25.5. The van der Waals surface area contributed by atoms with Crippen LogP contribution in [0, 0.1) is 5.82 Å². The smallest absolute Gasteiger partial charge is 0.355 e. The lowest BCUT2D eigenvalue weighted by molar-refractivity contribution is 0.0802. The highest BCUT2D eigenvalue weighted by molar-refractivity contribution is 7.93. The molecule has 2 aromatic heterocycles. The van der Waals surface area contributed by atoms with E-state index in [9.17, 15) is 26.4 Å². The number of rotatable bonds is 15. The number of hydrogen-bond donors (Lipinski definition) is 3. The van der Waals surface area contributed by atoms with E-state index in [4.69, 9.17) is 15.2 Å². The summed E-state index contributed by atoms with van der Waals surface area (Å²) >= 11 is 0. The molecule has 246 valence electrons. The SMILES string of the molecule is C[C@@H](Oc1cc(NS(=O)(=O)C(F)F)ccc1-c1nn(COCC[Si](C)(C)C)c(Nc2cnccn2)c1C(N)=O)c1ccc(F)cc1. The van der Waals surface area contributed by atoms with Crippen molar-refractivity contribution in [3.05, 3.63) is 78.0 Å². The number of aromatic nitrogens is 4. The number of nitrogens with zero attached hydrogens (tertiary/aromatic N) is 4. The van der Waals surface area contributed by atoms with Crippen LogP contribution in [0.5, 0.6) is 5.75 Å². The van der Waals surface area contributed by atoms with Gasteiger partial charge in [0.1, 0.15) is 47.3 Å². The van der Waals surface area contributed by atoms with Crippen LogP contribution in [0.3, 0.4) is 0 Å². The van der Waals surface area contributed by atoms with Gasteiger partial charge in [0.2, 0.25) is 0 Å². The van der Waals surface area contributed by atoms with E-state index in [1.165, 1.54) is 65.7 Å². The zero-order chi connectivity index (χ0) is 33.6. The lowest BCUT2D eigenvalue weighted by Gasteiger charge is -2.19. The molecule has 0 unspecified atom stereocenters. The van der Waals surface area contributed by atoms with Crippen molar-refractivity contribution in [3.8, 4) is 17.0 Å². The van der Waals surface area contributed by atoms with Crippen LogP contribution in [0.2, 0.25) is 25.7 Å². The van der Waals surface area contributed by atoms with Gasteiger partial charge >= 0.3 is 5.76 Å². The van der Waals surface area contributed by atoms with E-state index in [1.54, 1.807) is 6.92 Å². The minimum Gasteiger partial charge on any atom is -0.485 e. The van der Waals surface area contributed by atoms with Crippen molar-refractivity contribution >= 4 is 41.3 Å². The Labute approximate surface area is 265 Å². The first-order chi connectivity index (χ1) is 21.6. The van der Waals surface area contributed by atoms with E-state index < -0.39 is 41.7 Å². The Hall–Kier alpha value is -4.48. The monoisotopic (exact) mass is 677 g/mol. The molecule has 0 fully saturated rings. The number of sulfonamides is 1. The Morgan fingerprint density at radius 3 is 2.43 bits per heavy atom. The number of carbonyl (C=O) groups is 1. The van der Waals surface area contributed by atoms with Crippen LogP contribution in [-0.2, 0) is 21.5 Å². The second kappa shape index (κ2) is 14.3. The lowest BCUT2D eigenvalue weighted by Crippen LogP contribution is -2.22. The van der Waals surface area contributed by atoms with Crippen LogP contribution in [0.4, 0.5) is 30.5 Å². The maximum absolute atomic E-state index is 13.6. The number of ether oxygens (including phenoxy) is 2. The van der Waals surface area contributed by atoms with Crippen LogP contribution in [0.15, 0.2) is 61.1 Å². The molecule has 1 amide bonds. The van der Waals surface area contributed by atoms with Gasteiger partial charge in [-0.15, -0.1) is 0 Å². The number of anilines is 3. The lowest BCUT2D eigenvalue weighted by atomic mass is 10.0. The van der Waals surface area contributed by atoms with Gasteiger partial charge in [-0.3, -0.25) is 14.5 Å². The molecule has 0 saturated carbocycles. The summed E-state index contributed by atoms with van der Waals surface area (Å²) in [6, 6.07) is 10.1. The van der Waals surface area contributed by atoms with E-state index in [-0.39, 0.29) is 46.6 Å². The Balaban J connectivity index is 1.84. The molecule has 1 atom stereocenters. The first-order valence-corrected chi connectivity index (χ1v) is 19.3. The number of benzene rings is 2. The molecule has 4 rings (SSSR count). The number of amides is 1. The first-order valence-electron chi connectivity index (χ1n) is 14.0. The summed E-state index contributed by atoms with van der Waals surface area (Å²) in [5.41, 5.74) is 6.30. The van der Waals surface area contributed by atoms with Gasteiger partial charge in [0.05, 0.1) is 11.9 Å². The second-order valence-corrected chi connectivity index (χ2v) is 18.7. The quantitative estimate of drug-likeness (QED) is 0.105. The zero-order valence-corrected chi connectivity index (χ0v) is 27.3. The van der Waals surface area contributed by atoms with Crippen molar-refractivity contribution in [2.75, 3.05) is 16.6 Å². The first kappa shape index (κ1) is 34.4. The van der Waals surface area contributed by atoms with Gasteiger partial charge in [0.25, 0.3) is 15.9 Å². The minimum absolute atomic E-state index is 0.0252. The Morgan fingerprint density at radius 2 is 1.83 bits per heavy atom. The normalized spacial score (nSPS) is 12.6. The number of nitrogens with one attached hydrogen (secondary N) is 2. The van der Waals surface area contributed by atoms with Crippen molar-refractivity contribution in [3.63, 3.8) is 0 Å². The number of carbonyl (C=O) groups excluding carboxylic acids is 1. The maximum Gasteiger partial charge on any atom is 0.355 e. The van der Waals surface area contributed by atoms with Crippen LogP contribution in [0.1, 0.15) is 28.9 Å². The molecule has 2 heterocycles. The molecule has 2 aromatic carbocycles. The van der Waals surface area contributed by atoms with Crippen LogP contribution < -0.4 is 20.5 Å². The van der Waals surface area contributed by atoms with Gasteiger partial charge in [-0.25, -0.2) is 22.5 Å². The molecule has 4 N–H and O–H groups in total. The summed E-state index contributed by atoms with van der Waals surface area (Å²) in [6.07, 6.45) is 3.59. The average Bonchev–Trinajstić information content (AvgIpc) is 3.33. The number of alkyl halides is 2. The standard InChI is InChI=1S/C29H34F3N7O5SSi/c1-18(19-5-7-20(30)8-6-19)44-23-15-21(38-45(41,42)29(31)32)9-10-22(23)26-25(27(33)40)28(36-24-16-34-11-12-35-24)39(37-26)17-43-13-14-46(2,3)4/h5-12,15-16,18,29,38H,13-14,17H2,1-4H3,(H2,33,40)(H,35,36)/t18-/m1/s1. The van der Waals surface area contributed by atoms with Gasteiger partial charge in [0, 0.05) is 38.7 Å². The van der Waals surface area contributed by atoms with Crippen LogP contribution in [-0.4, -0.2) is 54.5 Å². The maximum atomic E-state index is 13.6. The Kier molecular flexibility index (Phi) is 10.7. The van der Waals surface area contributed by atoms with E-state index in [2.05, 4.69) is 40.0 Å². The Bertz CT molecular complexity index is 1770. The van der Waals surface area contributed by atoms with Crippen LogP contribution >= 0.6 is 0 Å². The summed E-state index contributed by atoms with van der Waals surface area (Å²) in [5, 5.41) is 7.64. The topological polar surface area (TPSA) is 163 Å². The number of primary amides is 1. The summed E-state index contributed by atoms with van der Waals surface area (Å²) in [7, 11) is -6.45. The van der Waals surface area contributed by atoms with Gasteiger partial charge < -0.3 is 20.5 Å². The highest BCUT2D eigenvalue weighted by Crippen LogP contribution is 2.39. The highest BCUT2D eigenvalue weighted by Gasteiger charge is 2.29.